The Bertz CT molecular complexity index is 247. The number of unbranched alkanes of at least 4 members (excludes halogenated alkanes) is 1. The third-order valence-corrected chi connectivity index (χ3v) is 2.17. The summed E-state index contributed by atoms with van der Waals surface area (Å²) in [6.07, 6.45) is -4.12. The highest BCUT2D eigenvalue weighted by molar-refractivity contribution is 7.13. The van der Waals surface area contributed by atoms with Gasteiger partial charge >= 0.3 is 6.18 Å². The van der Waals surface area contributed by atoms with Gasteiger partial charge in [-0.2, -0.15) is 13.2 Å². The second-order valence-electron chi connectivity index (χ2n) is 2.74. The maximum Gasteiger partial charge on any atom is 0.389 e. The van der Waals surface area contributed by atoms with E-state index in [-0.39, 0.29) is 6.42 Å². The Morgan fingerprint density at radius 1 is 1.36 bits per heavy atom. The summed E-state index contributed by atoms with van der Waals surface area (Å²) in [4.78, 5) is 0. The molecule has 0 aliphatic carbocycles. The van der Waals surface area contributed by atoms with Crippen molar-refractivity contribution in [2.75, 3.05) is 11.9 Å². The Morgan fingerprint density at radius 3 is 2.71 bits per heavy atom. The van der Waals surface area contributed by atoms with E-state index in [0.717, 1.165) is 0 Å². The molecule has 1 aromatic rings. The molecular formula is C7H10F3N3S. The van der Waals surface area contributed by atoms with Gasteiger partial charge in [0, 0.05) is 13.0 Å². The zero-order chi connectivity index (χ0) is 10.4. The lowest BCUT2D eigenvalue weighted by Crippen LogP contribution is -2.08. The minimum absolute atomic E-state index is 0.148. The van der Waals surface area contributed by atoms with Gasteiger partial charge in [0.15, 0.2) is 0 Å². The van der Waals surface area contributed by atoms with Gasteiger partial charge in [-0.25, -0.2) is 0 Å². The summed E-state index contributed by atoms with van der Waals surface area (Å²) in [5.74, 6) is 0. The van der Waals surface area contributed by atoms with Gasteiger partial charge in [-0.15, -0.1) is 10.2 Å². The standard InChI is InChI=1S/C7H10F3N3S/c8-7(9,10)3-1-2-4-11-6-13-12-5-14-6/h5H,1-4H2,(H,11,13). The second-order valence-corrected chi connectivity index (χ2v) is 3.58. The Morgan fingerprint density at radius 2 is 2.14 bits per heavy atom. The smallest absolute Gasteiger partial charge is 0.360 e. The van der Waals surface area contributed by atoms with E-state index in [0.29, 0.717) is 18.1 Å². The molecule has 0 saturated heterocycles. The maximum absolute atomic E-state index is 11.7. The molecule has 0 unspecified atom stereocenters. The third kappa shape index (κ3) is 5.00. The van der Waals surface area contributed by atoms with E-state index < -0.39 is 12.6 Å². The van der Waals surface area contributed by atoms with Gasteiger partial charge in [-0.1, -0.05) is 11.3 Å². The molecule has 0 aliphatic heterocycles. The highest BCUT2D eigenvalue weighted by Gasteiger charge is 2.25. The Balaban J connectivity index is 2.00. The fraction of sp³-hybridized carbons (Fsp3) is 0.714. The number of hydrogen-bond acceptors (Lipinski definition) is 4. The zero-order valence-electron chi connectivity index (χ0n) is 7.34. The van der Waals surface area contributed by atoms with Crippen LogP contribution >= 0.6 is 11.3 Å². The van der Waals surface area contributed by atoms with E-state index in [2.05, 4.69) is 15.5 Å². The fourth-order valence-corrected chi connectivity index (χ4v) is 1.37. The first-order valence-corrected chi connectivity index (χ1v) is 5.03. The first kappa shape index (κ1) is 11.2. The first-order valence-electron chi connectivity index (χ1n) is 4.15. The topological polar surface area (TPSA) is 37.8 Å². The quantitative estimate of drug-likeness (QED) is 0.783. The van der Waals surface area contributed by atoms with Crippen LogP contribution in [0.4, 0.5) is 18.3 Å². The molecule has 1 aromatic heterocycles. The van der Waals surface area contributed by atoms with Crippen LogP contribution in [0.5, 0.6) is 0 Å². The average molecular weight is 225 g/mol. The molecule has 0 spiro atoms. The normalized spacial score (nSPS) is 11.6. The molecule has 1 rings (SSSR count). The van der Waals surface area contributed by atoms with Gasteiger partial charge in [-0.05, 0) is 12.8 Å². The molecule has 0 amide bonds. The van der Waals surface area contributed by atoms with E-state index >= 15 is 0 Å². The zero-order valence-corrected chi connectivity index (χ0v) is 8.16. The molecule has 3 nitrogen and oxygen atoms in total. The van der Waals surface area contributed by atoms with Crippen LogP contribution in [0.2, 0.25) is 0 Å². The number of halogens is 3. The highest BCUT2D eigenvalue weighted by Crippen LogP contribution is 2.22. The molecule has 14 heavy (non-hydrogen) atoms. The Labute approximate surface area is 83.4 Å². The molecule has 0 aliphatic rings. The van der Waals surface area contributed by atoms with Crippen molar-refractivity contribution in [3.8, 4) is 0 Å². The summed E-state index contributed by atoms with van der Waals surface area (Å²) in [7, 11) is 0. The molecule has 1 N–H and O–H groups in total. The number of nitrogens with one attached hydrogen (secondary N) is 1. The van der Waals surface area contributed by atoms with Crippen LogP contribution in [0.1, 0.15) is 19.3 Å². The van der Waals surface area contributed by atoms with Gasteiger partial charge in [0.25, 0.3) is 0 Å². The summed E-state index contributed by atoms with van der Waals surface area (Å²) in [5, 5.41) is 10.8. The van der Waals surface area contributed by atoms with Crippen molar-refractivity contribution in [2.24, 2.45) is 0 Å². The number of rotatable bonds is 5. The van der Waals surface area contributed by atoms with Crippen LogP contribution in [0.25, 0.3) is 0 Å². The van der Waals surface area contributed by atoms with Gasteiger partial charge in [0.1, 0.15) is 5.51 Å². The molecule has 1 heterocycles. The predicted molar refractivity (Wildman–Crippen MR) is 48.3 cm³/mol. The van der Waals surface area contributed by atoms with E-state index in [1.807, 2.05) is 0 Å². The van der Waals surface area contributed by atoms with Crippen LogP contribution in [0.15, 0.2) is 5.51 Å². The van der Waals surface area contributed by atoms with Gasteiger partial charge in [0.2, 0.25) is 5.13 Å². The monoisotopic (exact) mass is 225 g/mol. The summed E-state index contributed by atoms with van der Waals surface area (Å²) < 4.78 is 35.1. The molecule has 80 valence electrons. The molecule has 0 aromatic carbocycles. The summed E-state index contributed by atoms with van der Waals surface area (Å²) in [6, 6.07) is 0. The number of aromatic nitrogens is 2. The maximum atomic E-state index is 11.7. The van der Waals surface area contributed by atoms with Crippen molar-refractivity contribution in [1.82, 2.24) is 10.2 Å². The van der Waals surface area contributed by atoms with E-state index in [9.17, 15) is 13.2 Å². The van der Waals surface area contributed by atoms with Crippen LogP contribution < -0.4 is 5.32 Å². The number of hydrogen-bond donors (Lipinski definition) is 1. The van der Waals surface area contributed by atoms with Crippen LogP contribution in [-0.4, -0.2) is 22.9 Å². The van der Waals surface area contributed by atoms with E-state index in [1.165, 1.54) is 11.3 Å². The van der Waals surface area contributed by atoms with Gasteiger partial charge < -0.3 is 5.32 Å². The number of anilines is 1. The highest BCUT2D eigenvalue weighted by atomic mass is 32.1. The lowest BCUT2D eigenvalue weighted by molar-refractivity contribution is -0.135. The first-order chi connectivity index (χ1) is 6.58. The molecule has 0 saturated carbocycles. The summed E-state index contributed by atoms with van der Waals surface area (Å²) in [6.45, 7) is 0.505. The van der Waals surface area contributed by atoms with E-state index in [4.69, 9.17) is 0 Å². The summed E-state index contributed by atoms with van der Waals surface area (Å²) >= 11 is 1.33. The van der Waals surface area contributed by atoms with Crippen molar-refractivity contribution >= 4 is 16.5 Å². The fourth-order valence-electron chi connectivity index (χ4n) is 0.896. The van der Waals surface area contributed by atoms with Gasteiger partial charge in [-0.3, -0.25) is 0 Å². The predicted octanol–water partition coefficient (Wildman–Crippen LogP) is 2.68. The van der Waals surface area contributed by atoms with Crippen molar-refractivity contribution in [3.05, 3.63) is 5.51 Å². The van der Waals surface area contributed by atoms with Crippen LogP contribution in [-0.2, 0) is 0 Å². The number of nitrogens with zero attached hydrogens (tertiary/aromatic N) is 2. The third-order valence-electron chi connectivity index (χ3n) is 1.52. The minimum Gasteiger partial charge on any atom is -0.360 e. The molecule has 0 fully saturated rings. The molecule has 0 bridgehead atoms. The lowest BCUT2D eigenvalue weighted by atomic mass is 10.2. The molecular weight excluding hydrogens is 215 g/mol. The number of alkyl halides is 3. The van der Waals surface area contributed by atoms with Crippen molar-refractivity contribution < 1.29 is 13.2 Å². The van der Waals surface area contributed by atoms with Crippen molar-refractivity contribution in [3.63, 3.8) is 0 Å². The molecule has 0 atom stereocenters. The van der Waals surface area contributed by atoms with Crippen molar-refractivity contribution in [2.45, 2.75) is 25.4 Å². The van der Waals surface area contributed by atoms with Crippen molar-refractivity contribution in [1.29, 1.82) is 0 Å². The molecule has 0 radical (unpaired) electrons. The SMILES string of the molecule is FC(F)(F)CCCCNc1nncs1. The average Bonchev–Trinajstić information content (AvgIpc) is 2.54. The van der Waals surface area contributed by atoms with Crippen LogP contribution in [0.3, 0.4) is 0 Å². The second kappa shape index (κ2) is 5.14. The Hall–Kier alpha value is -0.850. The van der Waals surface area contributed by atoms with E-state index in [1.54, 1.807) is 5.51 Å². The Kier molecular flexibility index (Phi) is 4.12. The van der Waals surface area contributed by atoms with Crippen LogP contribution in [0, 0.1) is 0 Å². The largest absolute Gasteiger partial charge is 0.389 e. The minimum atomic E-state index is -4.04. The lowest BCUT2D eigenvalue weighted by Gasteiger charge is -2.05. The molecule has 7 heteroatoms. The van der Waals surface area contributed by atoms with Gasteiger partial charge in [0.05, 0.1) is 0 Å². The summed E-state index contributed by atoms with van der Waals surface area (Å²) in [5.41, 5.74) is 1.57.